The van der Waals surface area contributed by atoms with Gasteiger partial charge in [-0.25, -0.2) is 8.42 Å². The number of nitrogens with zero attached hydrogens (tertiary/aromatic N) is 1. The molecule has 0 N–H and O–H groups in total. The third kappa shape index (κ3) is 3.23. The molecule has 0 fully saturated rings. The van der Waals surface area contributed by atoms with E-state index in [9.17, 15) is 8.42 Å². The molecule has 1 aliphatic heterocycles. The molecule has 0 spiro atoms. The average molecular weight is 289 g/mol. The highest BCUT2D eigenvalue weighted by molar-refractivity contribution is 7.89. The minimum atomic E-state index is -3.40. The van der Waals surface area contributed by atoms with Gasteiger partial charge in [-0.05, 0) is 38.3 Å². The highest BCUT2D eigenvalue weighted by atomic mass is 32.2. The molecule has 0 amide bonds. The zero-order valence-corrected chi connectivity index (χ0v) is 12.5. The van der Waals surface area contributed by atoms with E-state index in [4.69, 9.17) is 6.42 Å². The zero-order chi connectivity index (χ0) is 14.6. The molecule has 0 radical (unpaired) electrons. The molecule has 1 heterocycles. The topological polar surface area (TPSA) is 37.4 Å². The Hall–Kier alpha value is -1.73. The number of unbranched alkanes of at least 4 members (excludes halogenated alkanes) is 1. The molecule has 106 valence electrons. The number of aryl methyl sites for hydroxylation is 1. The molecule has 3 nitrogen and oxygen atoms in total. The Balaban J connectivity index is 2.11. The van der Waals surface area contributed by atoms with Crippen LogP contribution in [-0.2, 0) is 10.0 Å². The standard InChI is InChI=1S/C16H19NO2S/c1-3-4-5-6-15-11-12-17(13-15)20(18,19)16-9-7-14(2)8-10-16/h1,7-10,13H,4-6,11-12H2,2H3. The van der Waals surface area contributed by atoms with E-state index in [0.29, 0.717) is 11.4 Å². The second-order valence-corrected chi connectivity index (χ2v) is 6.91. The molecular formula is C16H19NO2S. The third-order valence-corrected chi connectivity index (χ3v) is 5.20. The van der Waals surface area contributed by atoms with E-state index < -0.39 is 10.0 Å². The predicted molar refractivity (Wildman–Crippen MR) is 80.5 cm³/mol. The number of rotatable bonds is 5. The summed E-state index contributed by atoms with van der Waals surface area (Å²) in [7, 11) is -3.40. The van der Waals surface area contributed by atoms with Crippen molar-refractivity contribution in [1.82, 2.24) is 4.31 Å². The molecule has 0 aromatic heterocycles. The van der Waals surface area contributed by atoms with Gasteiger partial charge in [-0.15, -0.1) is 12.3 Å². The van der Waals surface area contributed by atoms with Crippen molar-refractivity contribution in [2.24, 2.45) is 0 Å². The van der Waals surface area contributed by atoms with Gasteiger partial charge in [0.05, 0.1) is 4.90 Å². The Bertz CT molecular complexity index is 636. The molecule has 0 atom stereocenters. The molecule has 1 aliphatic rings. The SMILES string of the molecule is C#CCCCC1=CN(S(=O)(=O)c2ccc(C)cc2)CC1. The van der Waals surface area contributed by atoms with E-state index >= 15 is 0 Å². The normalized spacial score (nSPS) is 15.0. The Morgan fingerprint density at radius 2 is 2.00 bits per heavy atom. The maximum Gasteiger partial charge on any atom is 0.263 e. The van der Waals surface area contributed by atoms with Crippen molar-refractivity contribution in [3.8, 4) is 12.3 Å². The lowest BCUT2D eigenvalue weighted by Crippen LogP contribution is -2.23. The van der Waals surface area contributed by atoms with Crippen LogP contribution in [0.25, 0.3) is 0 Å². The first-order valence-electron chi connectivity index (χ1n) is 6.75. The Kier molecular flexibility index (Phi) is 4.51. The average Bonchev–Trinajstić information content (AvgIpc) is 2.89. The molecule has 0 unspecified atom stereocenters. The largest absolute Gasteiger partial charge is 0.273 e. The van der Waals surface area contributed by atoms with Crippen molar-refractivity contribution >= 4 is 10.0 Å². The second kappa shape index (κ2) is 6.15. The van der Waals surface area contributed by atoms with Crippen LogP contribution in [0.4, 0.5) is 0 Å². The van der Waals surface area contributed by atoms with Gasteiger partial charge < -0.3 is 0 Å². The van der Waals surface area contributed by atoms with Gasteiger partial charge in [0, 0.05) is 19.2 Å². The highest BCUT2D eigenvalue weighted by Crippen LogP contribution is 2.26. The molecule has 0 aliphatic carbocycles. The summed E-state index contributed by atoms with van der Waals surface area (Å²) in [4.78, 5) is 0.351. The maximum absolute atomic E-state index is 12.5. The molecule has 0 saturated carbocycles. The first kappa shape index (κ1) is 14.7. The Morgan fingerprint density at radius 1 is 1.30 bits per heavy atom. The second-order valence-electron chi connectivity index (χ2n) is 5.02. The number of terminal acetylenes is 1. The first-order chi connectivity index (χ1) is 9.54. The van der Waals surface area contributed by atoms with Crippen LogP contribution in [0.1, 0.15) is 31.2 Å². The molecule has 1 aromatic carbocycles. The Labute approximate surface area is 121 Å². The monoisotopic (exact) mass is 289 g/mol. The fraction of sp³-hybridized carbons (Fsp3) is 0.375. The van der Waals surface area contributed by atoms with Crippen molar-refractivity contribution in [3.05, 3.63) is 41.6 Å². The van der Waals surface area contributed by atoms with Crippen LogP contribution in [0, 0.1) is 19.3 Å². The molecule has 1 aromatic rings. The highest BCUT2D eigenvalue weighted by Gasteiger charge is 2.25. The number of sulfonamides is 1. The molecule has 4 heteroatoms. The van der Waals surface area contributed by atoms with Crippen molar-refractivity contribution in [1.29, 1.82) is 0 Å². The summed E-state index contributed by atoms with van der Waals surface area (Å²) >= 11 is 0. The van der Waals surface area contributed by atoms with Gasteiger partial charge in [0.2, 0.25) is 0 Å². The van der Waals surface area contributed by atoms with Crippen molar-refractivity contribution in [2.45, 2.75) is 37.5 Å². The van der Waals surface area contributed by atoms with Crippen LogP contribution in [0.15, 0.2) is 40.9 Å². The van der Waals surface area contributed by atoms with Crippen molar-refractivity contribution in [3.63, 3.8) is 0 Å². The van der Waals surface area contributed by atoms with E-state index in [1.165, 1.54) is 4.31 Å². The lowest BCUT2D eigenvalue weighted by Gasteiger charge is -2.15. The molecular weight excluding hydrogens is 270 g/mol. The summed E-state index contributed by atoms with van der Waals surface area (Å²) in [5, 5.41) is 0. The van der Waals surface area contributed by atoms with Gasteiger partial charge in [-0.2, -0.15) is 0 Å². The van der Waals surface area contributed by atoms with Gasteiger partial charge in [0.15, 0.2) is 0 Å². The number of hydrogen-bond donors (Lipinski definition) is 0. The Morgan fingerprint density at radius 3 is 2.65 bits per heavy atom. The van der Waals surface area contributed by atoms with E-state index in [-0.39, 0.29) is 0 Å². The van der Waals surface area contributed by atoms with Crippen LogP contribution in [-0.4, -0.2) is 19.3 Å². The third-order valence-electron chi connectivity index (χ3n) is 3.43. The summed E-state index contributed by atoms with van der Waals surface area (Å²) in [5.41, 5.74) is 2.21. The quantitative estimate of drug-likeness (QED) is 0.617. The van der Waals surface area contributed by atoms with Crippen LogP contribution in [0.5, 0.6) is 0 Å². The van der Waals surface area contributed by atoms with Crippen LogP contribution >= 0.6 is 0 Å². The molecule has 2 rings (SSSR count). The lowest BCUT2D eigenvalue weighted by atomic mass is 10.1. The van der Waals surface area contributed by atoms with E-state index in [0.717, 1.165) is 36.8 Å². The van der Waals surface area contributed by atoms with Crippen molar-refractivity contribution < 1.29 is 8.42 Å². The minimum absolute atomic E-state index is 0.351. The van der Waals surface area contributed by atoms with Crippen LogP contribution in [0.3, 0.4) is 0 Å². The van der Waals surface area contributed by atoms with E-state index in [1.54, 1.807) is 18.3 Å². The van der Waals surface area contributed by atoms with E-state index in [2.05, 4.69) is 5.92 Å². The molecule has 20 heavy (non-hydrogen) atoms. The molecule has 0 saturated heterocycles. The fourth-order valence-corrected chi connectivity index (χ4v) is 3.60. The van der Waals surface area contributed by atoms with Crippen LogP contribution in [0.2, 0.25) is 0 Å². The fourth-order valence-electron chi connectivity index (χ4n) is 2.23. The number of hydrogen-bond acceptors (Lipinski definition) is 2. The maximum atomic E-state index is 12.5. The first-order valence-corrected chi connectivity index (χ1v) is 8.19. The molecule has 0 bridgehead atoms. The summed E-state index contributed by atoms with van der Waals surface area (Å²) in [6.45, 7) is 2.47. The minimum Gasteiger partial charge on any atom is -0.273 e. The van der Waals surface area contributed by atoms with Gasteiger partial charge in [0.1, 0.15) is 0 Å². The van der Waals surface area contributed by atoms with Gasteiger partial charge in [-0.1, -0.05) is 23.3 Å². The smallest absolute Gasteiger partial charge is 0.263 e. The van der Waals surface area contributed by atoms with Crippen LogP contribution < -0.4 is 0 Å². The van der Waals surface area contributed by atoms with Gasteiger partial charge in [0.25, 0.3) is 10.0 Å². The van der Waals surface area contributed by atoms with E-state index in [1.807, 2.05) is 19.1 Å². The number of benzene rings is 1. The zero-order valence-electron chi connectivity index (χ0n) is 11.7. The van der Waals surface area contributed by atoms with Gasteiger partial charge in [-0.3, -0.25) is 4.31 Å². The van der Waals surface area contributed by atoms with Crippen molar-refractivity contribution in [2.75, 3.05) is 6.54 Å². The summed E-state index contributed by atoms with van der Waals surface area (Å²) in [5.74, 6) is 2.61. The lowest BCUT2D eigenvalue weighted by molar-refractivity contribution is 0.516. The van der Waals surface area contributed by atoms with Gasteiger partial charge >= 0.3 is 0 Å². The summed E-state index contributed by atoms with van der Waals surface area (Å²) in [6, 6.07) is 6.96. The summed E-state index contributed by atoms with van der Waals surface area (Å²) in [6.07, 6.45) is 10.3. The predicted octanol–water partition coefficient (Wildman–Crippen LogP) is 3.08. The summed E-state index contributed by atoms with van der Waals surface area (Å²) < 4.78 is 26.4.